The van der Waals surface area contributed by atoms with Crippen molar-refractivity contribution in [2.75, 3.05) is 0 Å². The summed E-state index contributed by atoms with van der Waals surface area (Å²) in [6, 6.07) is 16.5. The van der Waals surface area contributed by atoms with Crippen LogP contribution in [0.2, 0.25) is 4.94 Å². The van der Waals surface area contributed by atoms with E-state index in [0.29, 0.717) is 13.1 Å². The number of benzene rings is 2. The Morgan fingerprint density at radius 3 is 1.88 bits per heavy atom. The SMILES string of the molecule is CC(=O)NCc1cccc(I)c1.F.[CH3][Sn][c]1cccc(CNC(C)=O)c1. The second kappa shape index (κ2) is 14.0. The van der Waals surface area contributed by atoms with E-state index in [2.05, 4.69) is 68.5 Å². The third-order valence-corrected chi connectivity index (χ3v) is 6.39. The number of hydrogen-bond donors (Lipinski definition) is 2. The summed E-state index contributed by atoms with van der Waals surface area (Å²) in [5.41, 5.74) is 2.34. The molecule has 2 radical (unpaired) electrons. The molecule has 4 nitrogen and oxygen atoms in total. The summed E-state index contributed by atoms with van der Waals surface area (Å²) in [5.74, 6) is 0.0377. The number of hydrogen-bond acceptors (Lipinski definition) is 2. The summed E-state index contributed by atoms with van der Waals surface area (Å²) in [4.78, 5) is 23.6. The summed E-state index contributed by atoms with van der Waals surface area (Å²) in [5, 5.41) is 5.54. The summed E-state index contributed by atoms with van der Waals surface area (Å²) in [7, 11) is 0. The van der Waals surface area contributed by atoms with Crippen LogP contribution in [0.4, 0.5) is 4.70 Å². The zero-order valence-electron chi connectivity index (χ0n) is 15.1. The van der Waals surface area contributed by atoms with Crippen LogP contribution in [0.15, 0.2) is 48.5 Å². The second-order valence-electron chi connectivity index (χ2n) is 5.40. The average Bonchev–Trinajstić information content (AvgIpc) is 2.59. The molecule has 2 aromatic rings. The first-order valence-corrected chi connectivity index (χ1v) is 13.3. The number of carbonyl (C=O) groups excluding carboxylic acids is 2. The van der Waals surface area contributed by atoms with Gasteiger partial charge in [0.2, 0.25) is 5.91 Å². The first kappa shape index (κ1) is 24.8. The molecule has 0 fully saturated rings. The van der Waals surface area contributed by atoms with Crippen molar-refractivity contribution < 1.29 is 14.3 Å². The van der Waals surface area contributed by atoms with Crippen LogP contribution in [-0.4, -0.2) is 33.0 Å². The molecule has 0 saturated carbocycles. The summed E-state index contributed by atoms with van der Waals surface area (Å²) >= 11 is 1.92. The molecule has 0 aromatic heterocycles. The van der Waals surface area contributed by atoms with E-state index < -0.39 is 0 Å². The Morgan fingerprint density at radius 2 is 1.42 bits per heavy atom. The third-order valence-electron chi connectivity index (χ3n) is 3.19. The van der Waals surface area contributed by atoms with Gasteiger partial charge in [-0.2, -0.15) is 0 Å². The molecule has 2 rings (SSSR count). The van der Waals surface area contributed by atoms with Crippen LogP contribution >= 0.6 is 22.6 Å². The molecule has 0 aliphatic carbocycles. The molecule has 140 valence electrons. The van der Waals surface area contributed by atoms with Gasteiger partial charge in [-0.15, -0.1) is 0 Å². The normalized spacial score (nSPS) is 9.23. The Kier molecular flexibility index (Phi) is 13.3. The van der Waals surface area contributed by atoms with Crippen LogP contribution in [0.5, 0.6) is 0 Å². The maximum absolute atomic E-state index is 10.7. The Balaban J connectivity index is 0.000000464. The van der Waals surface area contributed by atoms with Gasteiger partial charge in [0.05, 0.1) is 0 Å². The summed E-state index contributed by atoms with van der Waals surface area (Å²) in [6.07, 6.45) is 0. The van der Waals surface area contributed by atoms with Gasteiger partial charge in [0.1, 0.15) is 0 Å². The fourth-order valence-electron chi connectivity index (χ4n) is 1.94. The van der Waals surface area contributed by atoms with Crippen molar-refractivity contribution in [1.29, 1.82) is 0 Å². The van der Waals surface area contributed by atoms with Crippen molar-refractivity contribution in [3.05, 3.63) is 63.2 Å². The molecule has 7 heteroatoms. The van der Waals surface area contributed by atoms with Gasteiger partial charge >= 0.3 is 89.0 Å². The molecule has 0 spiro atoms. The van der Waals surface area contributed by atoms with E-state index in [1.54, 1.807) is 6.92 Å². The van der Waals surface area contributed by atoms with Gasteiger partial charge in [0.25, 0.3) is 0 Å². The molecule has 0 aliphatic heterocycles. The number of amides is 2. The van der Waals surface area contributed by atoms with Crippen molar-refractivity contribution >= 4 is 59.1 Å². The van der Waals surface area contributed by atoms with Crippen molar-refractivity contribution in [2.45, 2.75) is 31.9 Å². The molecule has 0 bridgehead atoms. The van der Waals surface area contributed by atoms with E-state index in [0.717, 1.165) is 5.56 Å². The third kappa shape index (κ3) is 11.5. The van der Waals surface area contributed by atoms with Crippen molar-refractivity contribution in [3.63, 3.8) is 0 Å². The van der Waals surface area contributed by atoms with E-state index in [1.807, 2.05) is 18.2 Å². The van der Waals surface area contributed by atoms with Gasteiger partial charge in [0.15, 0.2) is 0 Å². The molecular weight excluding hydrogens is 553 g/mol. The molecule has 2 aromatic carbocycles. The van der Waals surface area contributed by atoms with Crippen LogP contribution in [0.1, 0.15) is 25.0 Å². The number of nitrogens with one attached hydrogen (secondary N) is 2. The monoisotopic (exact) mass is 578 g/mol. The Labute approximate surface area is 178 Å². The Hall–Kier alpha value is -1.16. The molecule has 0 heterocycles. The Morgan fingerprint density at radius 1 is 0.923 bits per heavy atom. The molecule has 0 atom stereocenters. The molecule has 2 N–H and O–H groups in total. The molecule has 0 aliphatic rings. The van der Waals surface area contributed by atoms with Gasteiger partial charge in [-0.05, 0) is 40.3 Å². The van der Waals surface area contributed by atoms with E-state index in [4.69, 9.17) is 0 Å². The molecule has 2 amide bonds. The number of halogens is 2. The maximum atomic E-state index is 10.7. The van der Waals surface area contributed by atoms with Crippen LogP contribution in [0.3, 0.4) is 0 Å². The van der Waals surface area contributed by atoms with E-state index >= 15 is 0 Å². The quantitative estimate of drug-likeness (QED) is 0.425. The molecule has 26 heavy (non-hydrogen) atoms. The fraction of sp³-hybridized carbons (Fsp3) is 0.263. The van der Waals surface area contributed by atoms with Gasteiger partial charge in [-0.3, -0.25) is 9.50 Å². The van der Waals surface area contributed by atoms with Crippen molar-refractivity contribution in [1.82, 2.24) is 10.6 Å². The fourth-order valence-corrected chi connectivity index (χ4v) is 4.24. The Bertz CT molecular complexity index is 713. The number of carbonyl (C=O) groups is 2. The molecular formula is C19H24FIN2O2Sn. The average molecular weight is 577 g/mol. The predicted molar refractivity (Wildman–Crippen MR) is 114 cm³/mol. The number of rotatable bonds is 5. The summed E-state index contributed by atoms with van der Waals surface area (Å²) in [6.45, 7) is 4.34. The van der Waals surface area contributed by atoms with Crippen LogP contribution in [0.25, 0.3) is 0 Å². The van der Waals surface area contributed by atoms with Crippen LogP contribution in [-0.2, 0) is 22.7 Å². The first-order valence-electron chi connectivity index (χ1n) is 7.90. The second-order valence-corrected chi connectivity index (χ2v) is 9.72. The van der Waals surface area contributed by atoms with Gasteiger partial charge < -0.3 is 5.32 Å². The summed E-state index contributed by atoms with van der Waals surface area (Å²) < 4.78 is 2.67. The van der Waals surface area contributed by atoms with Crippen LogP contribution in [0, 0.1) is 3.57 Å². The van der Waals surface area contributed by atoms with Gasteiger partial charge in [0, 0.05) is 17.0 Å². The standard InChI is InChI=1S/C9H10INO.C9H10NO.CH3.FH.Sn/c1-7(12)11-6-8-3-2-4-9(10)5-8;1-8(11)10-7-9-5-3-2-4-6-9;;;/h2-5H,6H2,1H3,(H,11,12);2-3,5-6H,7H2,1H3,(H,10,11);1H3;1H;. The zero-order valence-corrected chi connectivity index (χ0v) is 20.1. The van der Waals surface area contributed by atoms with Crippen LogP contribution < -0.4 is 14.2 Å². The zero-order chi connectivity index (χ0) is 18.7. The van der Waals surface area contributed by atoms with Gasteiger partial charge in [-0.25, -0.2) is 0 Å². The van der Waals surface area contributed by atoms with Gasteiger partial charge in [-0.1, -0.05) is 12.1 Å². The molecule has 0 unspecified atom stereocenters. The predicted octanol–water partition coefficient (Wildman–Crippen LogP) is 2.78. The molecule has 0 saturated heterocycles. The van der Waals surface area contributed by atoms with E-state index in [1.165, 1.54) is 19.6 Å². The topological polar surface area (TPSA) is 58.2 Å². The minimum atomic E-state index is -0.329. The van der Waals surface area contributed by atoms with E-state index in [9.17, 15) is 9.59 Å². The van der Waals surface area contributed by atoms with Crippen molar-refractivity contribution in [3.8, 4) is 0 Å². The van der Waals surface area contributed by atoms with E-state index in [-0.39, 0.29) is 37.7 Å². The van der Waals surface area contributed by atoms with Crippen molar-refractivity contribution in [2.24, 2.45) is 0 Å². The minimum absolute atomic E-state index is 0. The first-order chi connectivity index (χ1) is 11.9.